The standard InChI is InChI=1S/C25H27N3O3/c1-17-9-14-22(18(2)15-17)27-25(30)28-23(29)16-26-24(19-7-5-4-6-8-19)20-10-12-21(31-3)13-11-20/h4-15,24,26H,16H2,1-3H3,(H2,27,28,29,30). The van der Waals surface area contributed by atoms with E-state index in [0.717, 1.165) is 28.0 Å². The van der Waals surface area contributed by atoms with Crippen LogP contribution in [0.3, 0.4) is 0 Å². The van der Waals surface area contributed by atoms with Crippen molar-refractivity contribution in [2.45, 2.75) is 19.9 Å². The Bertz CT molecular complexity index is 1030. The summed E-state index contributed by atoms with van der Waals surface area (Å²) >= 11 is 0. The monoisotopic (exact) mass is 417 g/mol. The van der Waals surface area contributed by atoms with Crippen molar-refractivity contribution in [2.24, 2.45) is 0 Å². The van der Waals surface area contributed by atoms with Crippen molar-refractivity contribution in [1.29, 1.82) is 0 Å². The first-order valence-corrected chi connectivity index (χ1v) is 10.1. The third kappa shape index (κ3) is 6.17. The molecule has 6 heteroatoms. The van der Waals surface area contributed by atoms with Crippen molar-refractivity contribution in [1.82, 2.24) is 10.6 Å². The summed E-state index contributed by atoms with van der Waals surface area (Å²) in [6, 6.07) is 22.4. The molecule has 0 aliphatic rings. The largest absolute Gasteiger partial charge is 0.497 e. The average molecular weight is 418 g/mol. The molecule has 3 rings (SSSR count). The number of hydrogen-bond acceptors (Lipinski definition) is 4. The van der Waals surface area contributed by atoms with E-state index in [9.17, 15) is 9.59 Å². The van der Waals surface area contributed by atoms with Gasteiger partial charge < -0.3 is 10.1 Å². The Balaban J connectivity index is 1.63. The summed E-state index contributed by atoms with van der Waals surface area (Å²) in [5, 5.41) is 8.34. The van der Waals surface area contributed by atoms with Crippen molar-refractivity contribution in [2.75, 3.05) is 19.0 Å². The smallest absolute Gasteiger partial charge is 0.325 e. The maximum atomic E-state index is 12.4. The van der Waals surface area contributed by atoms with Crippen LogP contribution in [-0.2, 0) is 4.79 Å². The van der Waals surface area contributed by atoms with Gasteiger partial charge in [0.25, 0.3) is 0 Å². The van der Waals surface area contributed by atoms with E-state index in [1.165, 1.54) is 0 Å². The van der Waals surface area contributed by atoms with Crippen molar-refractivity contribution in [3.05, 3.63) is 95.1 Å². The number of aryl methyl sites for hydroxylation is 2. The molecule has 0 saturated carbocycles. The van der Waals surface area contributed by atoms with E-state index in [2.05, 4.69) is 16.0 Å². The second-order valence-corrected chi connectivity index (χ2v) is 7.32. The number of benzene rings is 3. The lowest BCUT2D eigenvalue weighted by molar-refractivity contribution is -0.119. The zero-order chi connectivity index (χ0) is 22.2. The van der Waals surface area contributed by atoms with Gasteiger partial charge in [-0.2, -0.15) is 0 Å². The minimum absolute atomic E-state index is 0.0219. The lowest BCUT2D eigenvalue weighted by atomic mass is 9.98. The predicted octanol–water partition coefficient (Wildman–Crippen LogP) is 4.34. The maximum absolute atomic E-state index is 12.4. The molecule has 1 atom stereocenters. The second-order valence-electron chi connectivity index (χ2n) is 7.32. The number of hydrogen-bond donors (Lipinski definition) is 3. The molecule has 3 N–H and O–H groups in total. The highest BCUT2D eigenvalue weighted by molar-refractivity contribution is 6.02. The fourth-order valence-corrected chi connectivity index (χ4v) is 3.34. The molecule has 3 aromatic rings. The van der Waals surface area contributed by atoms with Gasteiger partial charge in [-0.3, -0.25) is 15.4 Å². The predicted molar refractivity (Wildman–Crippen MR) is 122 cm³/mol. The molecule has 0 fully saturated rings. The van der Waals surface area contributed by atoms with Gasteiger partial charge in [0.2, 0.25) is 5.91 Å². The Morgan fingerprint density at radius 2 is 1.58 bits per heavy atom. The molecule has 0 aromatic heterocycles. The lowest BCUT2D eigenvalue weighted by Crippen LogP contribution is -2.41. The van der Waals surface area contributed by atoms with Crippen molar-refractivity contribution in [3.8, 4) is 5.75 Å². The average Bonchev–Trinajstić information content (AvgIpc) is 2.77. The lowest BCUT2D eigenvalue weighted by Gasteiger charge is -2.20. The van der Waals surface area contributed by atoms with E-state index in [1.807, 2.05) is 86.6 Å². The molecule has 1 unspecified atom stereocenters. The summed E-state index contributed by atoms with van der Waals surface area (Å²) in [5.41, 5.74) is 4.71. The van der Waals surface area contributed by atoms with Gasteiger partial charge in [-0.05, 0) is 48.7 Å². The van der Waals surface area contributed by atoms with Gasteiger partial charge >= 0.3 is 6.03 Å². The number of carbonyl (C=O) groups excluding carboxylic acids is 2. The minimum atomic E-state index is -0.556. The van der Waals surface area contributed by atoms with Crippen LogP contribution in [0, 0.1) is 13.8 Å². The third-order valence-corrected chi connectivity index (χ3v) is 4.93. The molecule has 160 valence electrons. The zero-order valence-electron chi connectivity index (χ0n) is 17.9. The Kier molecular flexibility index (Phi) is 7.40. The van der Waals surface area contributed by atoms with Crippen LogP contribution in [0.5, 0.6) is 5.75 Å². The SMILES string of the molecule is COc1ccc(C(NCC(=O)NC(=O)Nc2ccc(C)cc2C)c2ccccc2)cc1. The molecule has 0 heterocycles. The molecule has 6 nitrogen and oxygen atoms in total. The van der Waals surface area contributed by atoms with E-state index in [-0.39, 0.29) is 12.6 Å². The van der Waals surface area contributed by atoms with Crippen LogP contribution < -0.4 is 20.7 Å². The van der Waals surface area contributed by atoms with Crippen LogP contribution in [0.25, 0.3) is 0 Å². The molecular formula is C25H27N3O3. The number of carbonyl (C=O) groups is 2. The summed E-state index contributed by atoms with van der Waals surface area (Å²) in [5.74, 6) is 0.341. The van der Waals surface area contributed by atoms with E-state index >= 15 is 0 Å². The number of amides is 3. The molecule has 0 bridgehead atoms. The van der Waals surface area contributed by atoms with E-state index in [0.29, 0.717) is 5.69 Å². The first-order valence-electron chi connectivity index (χ1n) is 10.1. The number of methoxy groups -OCH3 is 1. The first kappa shape index (κ1) is 22.1. The molecule has 3 aromatic carbocycles. The summed E-state index contributed by atoms with van der Waals surface area (Å²) in [6.07, 6.45) is 0. The number of nitrogens with one attached hydrogen (secondary N) is 3. The van der Waals surface area contributed by atoms with Gasteiger partial charge in [0.05, 0.1) is 19.7 Å². The van der Waals surface area contributed by atoms with Crippen LogP contribution in [0.15, 0.2) is 72.8 Å². The fourth-order valence-electron chi connectivity index (χ4n) is 3.34. The van der Waals surface area contributed by atoms with Crippen LogP contribution >= 0.6 is 0 Å². The van der Waals surface area contributed by atoms with Gasteiger partial charge in [-0.25, -0.2) is 4.79 Å². The number of ether oxygens (including phenoxy) is 1. The van der Waals surface area contributed by atoms with Crippen molar-refractivity contribution in [3.63, 3.8) is 0 Å². The molecule has 0 aliphatic carbocycles. The maximum Gasteiger partial charge on any atom is 0.325 e. The molecule has 0 aliphatic heterocycles. The van der Waals surface area contributed by atoms with Crippen LogP contribution in [0.1, 0.15) is 28.3 Å². The highest BCUT2D eigenvalue weighted by Crippen LogP contribution is 2.24. The summed E-state index contributed by atoms with van der Waals surface area (Å²) < 4.78 is 5.23. The summed E-state index contributed by atoms with van der Waals surface area (Å²) in [4.78, 5) is 24.6. The summed E-state index contributed by atoms with van der Waals surface area (Å²) in [6.45, 7) is 3.87. The molecule has 0 radical (unpaired) electrons. The minimum Gasteiger partial charge on any atom is -0.497 e. The second kappa shape index (κ2) is 10.4. The van der Waals surface area contributed by atoms with Crippen molar-refractivity contribution >= 4 is 17.6 Å². The van der Waals surface area contributed by atoms with Crippen molar-refractivity contribution < 1.29 is 14.3 Å². The first-order chi connectivity index (χ1) is 15.0. The molecule has 3 amide bonds. The van der Waals surface area contributed by atoms with E-state index in [4.69, 9.17) is 4.74 Å². The van der Waals surface area contributed by atoms with Crippen LogP contribution in [0.4, 0.5) is 10.5 Å². The highest BCUT2D eigenvalue weighted by atomic mass is 16.5. The Hall–Kier alpha value is -3.64. The van der Waals surface area contributed by atoms with Gasteiger partial charge in [0, 0.05) is 5.69 Å². The Labute approximate surface area is 182 Å². The summed E-state index contributed by atoms with van der Waals surface area (Å²) in [7, 11) is 1.62. The quantitative estimate of drug-likeness (QED) is 0.534. The number of rotatable bonds is 7. The van der Waals surface area contributed by atoms with Gasteiger partial charge in [0.1, 0.15) is 5.75 Å². The van der Waals surface area contributed by atoms with Gasteiger partial charge in [0.15, 0.2) is 0 Å². The Morgan fingerprint density at radius 3 is 2.23 bits per heavy atom. The number of urea groups is 1. The van der Waals surface area contributed by atoms with Gasteiger partial charge in [-0.15, -0.1) is 0 Å². The molecule has 0 saturated heterocycles. The topological polar surface area (TPSA) is 79.5 Å². The van der Waals surface area contributed by atoms with Crippen LogP contribution in [0.2, 0.25) is 0 Å². The van der Waals surface area contributed by atoms with Crippen LogP contribution in [-0.4, -0.2) is 25.6 Å². The zero-order valence-corrected chi connectivity index (χ0v) is 17.9. The Morgan fingerprint density at radius 1 is 0.903 bits per heavy atom. The van der Waals surface area contributed by atoms with E-state index < -0.39 is 11.9 Å². The van der Waals surface area contributed by atoms with E-state index in [1.54, 1.807) is 7.11 Å². The van der Waals surface area contributed by atoms with Gasteiger partial charge in [-0.1, -0.05) is 60.2 Å². The normalized spacial score (nSPS) is 11.5. The molecular weight excluding hydrogens is 390 g/mol. The number of imide groups is 1. The molecule has 31 heavy (non-hydrogen) atoms. The highest BCUT2D eigenvalue weighted by Gasteiger charge is 2.16. The third-order valence-electron chi connectivity index (χ3n) is 4.93. The fraction of sp³-hybridized carbons (Fsp3) is 0.200. The molecule has 0 spiro atoms. The number of anilines is 1.